The first-order chi connectivity index (χ1) is 12.0. The van der Waals surface area contributed by atoms with Crippen LogP contribution in [-0.2, 0) is 0 Å². The molecule has 5 nitrogen and oxygen atoms in total. The molecule has 2 aromatic carbocycles. The van der Waals surface area contributed by atoms with Gasteiger partial charge in [-0.25, -0.2) is 4.98 Å². The molecule has 6 heteroatoms. The molecule has 3 rings (SSSR count). The van der Waals surface area contributed by atoms with Crippen molar-refractivity contribution < 1.29 is 4.92 Å². The first kappa shape index (κ1) is 17.2. The van der Waals surface area contributed by atoms with Crippen LogP contribution in [0.25, 0.3) is 16.9 Å². The van der Waals surface area contributed by atoms with E-state index < -0.39 is 0 Å². The van der Waals surface area contributed by atoms with Gasteiger partial charge in [-0.3, -0.25) is 14.7 Å². The van der Waals surface area contributed by atoms with Gasteiger partial charge >= 0.3 is 0 Å². The Labute approximate surface area is 150 Å². The van der Waals surface area contributed by atoms with Gasteiger partial charge < -0.3 is 0 Å². The number of nitro groups is 1. The topological polar surface area (TPSA) is 61.0 Å². The van der Waals surface area contributed by atoms with Crippen LogP contribution in [0.15, 0.2) is 59.9 Å². The lowest BCUT2D eigenvalue weighted by atomic mass is 10.1. The average Bonchev–Trinajstić information content (AvgIpc) is 2.98. The maximum atomic E-state index is 11.1. The summed E-state index contributed by atoms with van der Waals surface area (Å²) in [5.41, 5.74) is 3.87. The molecular formula is C19H19N3O2S. The molecule has 0 aliphatic rings. The molecule has 0 fully saturated rings. The highest BCUT2D eigenvalue weighted by Crippen LogP contribution is 2.32. The molecule has 0 aliphatic heterocycles. The third-order valence-electron chi connectivity index (χ3n) is 3.72. The molecule has 0 amide bonds. The summed E-state index contributed by atoms with van der Waals surface area (Å²) in [4.78, 5) is 15.3. The lowest BCUT2D eigenvalue weighted by molar-refractivity contribution is -0.384. The number of nitro benzene ring substituents is 1. The van der Waals surface area contributed by atoms with E-state index in [4.69, 9.17) is 0 Å². The van der Waals surface area contributed by atoms with Gasteiger partial charge in [0, 0.05) is 28.6 Å². The molecule has 0 spiro atoms. The second-order valence-electron chi connectivity index (χ2n) is 6.07. The van der Waals surface area contributed by atoms with Crippen LogP contribution in [0.5, 0.6) is 0 Å². The highest BCUT2D eigenvalue weighted by Gasteiger charge is 2.17. The Morgan fingerprint density at radius 3 is 2.52 bits per heavy atom. The number of rotatable bonds is 5. The van der Waals surface area contributed by atoms with Gasteiger partial charge in [0.15, 0.2) is 5.16 Å². The molecule has 0 radical (unpaired) electrons. The van der Waals surface area contributed by atoms with Gasteiger partial charge in [-0.05, 0) is 19.1 Å². The minimum absolute atomic E-state index is 0.0761. The van der Waals surface area contributed by atoms with E-state index in [2.05, 4.69) is 35.5 Å². The summed E-state index contributed by atoms with van der Waals surface area (Å²) in [6.45, 7) is 6.28. The van der Waals surface area contributed by atoms with Crippen LogP contribution in [0.4, 0.5) is 5.69 Å². The van der Waals surface area contributed by atoms with Crippen LogP contribution in [0.1, 0.15) is 19.4 Å². The first-order valence-corrected chi connectivity index (χ1v) is 8.90. The van der Waals surface area contributed by atoms with E-state index >= 15 is 0 Å². The Balaban J connectivity index is 2.17. The zero-order chi connectivity index (χ0) is 18.0. The lowest BCUT2D eigenvalue weighted by Gasteiger charge is -2.13. The fourth-order valence-electron chi connectivity index (χ4n) is 2.55. The van der Waals surface area contributed by atoms with Crippen LogP contribution in [0, 0.1) is 17.0 Å². The minimum Gasteiger partial charge on any atom is -0.287 e. The monoisotopic (exact) mass is 353 g/mol. The van der Waals surface area contributed by atoms with Crippen LogP contribution in [0.2, 0.25) is 0 Å². The van der Waals surface area contributed by atoms with Crippen molar-refractivity contribution in [3.8, 4) is 16.9 Å². The molecule has 1 aromatic heterocycles. The number of benzene rings is 2. The Hall–Kier alpha value is -2.60. The molecule has 128 valence electrons. The number of thioether (sulfide) groups is 1. The fourth-order valence-corrected chi connectivity index (χ4v) is 3.40. The summed E-state index contributed by atoms with van der Waals surface area (Å²) < 4.78 is 2.06. The van der Waals surface area contributed by atoms with Crippen LogP contribution >= 0.6 is 11.8 Å². The van der Waals surface area contributed by atoms with Gasteiger partial charge in [-0.2, -0.15) is 0 Å². The van der Waals surface area contributed by atoms with Crippen LogP contribution < -0.4 is 0 Å². The maximum absolute atomic E-state index is 11.1. The normalized spacial score (nSPS) is 11.0. The lowest BCUT2D eigenvalue weighted by Crippen LogP contribution is -2.01. The van der Waals surface area contributed by atoms with E-state index in [-0.39, 0.29) is 10.6 Å². The smallest absolute Gasteiger partial charge is 0.270 e. The Morgan fingerprint density at radius 2 is 1.88 bits per heavy atom. The van der Waals surface area contributed by atoms with Gasteiger partial charge in [-0.1, -0.05) is 55.4 Å². The number of hydrogen-bond acceptors (Lipinski definition) is 4. The number of aromatic nitrogens is 2. The van der Waals surface area contributed by atoms with Crippen molar-refractivity contribution in [2.75, 3.05) is 0 Å². The predicted octanol–water partition coefficient (Wildman–Crippen LogP) is 5.26. The molecule has 1 heterocycles. The summed E-state index contributed by atoms with van der Waals surface area (Å²) >= 11 is 1.67. The summed E-state index contributed by atoms with van der Waals surface area (Å²) in [5, 5.41) is 12.4. The van der Waals surface area contributed by atoms with Gasteiger partial charge in [0.25, 0.3) is 5.69 Å². The zero-order valence-electron chi connectivity index (χ0n) is 14.3. The van der Waals surface area contributed by atoms with Crippen LogP contribution in [-0.4, -0.2) is 19.7 Å². The largest absolute Gasteiger partial charge is 0.287 e. The summed E-state index contributed by atoms with van der Waals surface area (Å²) in [7, 11) is 0. The van der Waals surface area contributed by atoms with Crippen molar-refractivity contribution in [2.24, 2.45) is 0 Å². The second kappa shape index (κ2) is 7.11. The molecule has 25 heavy (non-hydrogen) atoms. The highest BCUT2D eigenvalue weighted by molar-refractivity contribution is 7.99. The van der Waals surface area contributed by atoms with E-state index in [1.54, 1.807) is 30.1 Å². The Morgan fingerprint density at radius 1 is 1.16 bits per heavy atom. The fraction of sp³-hybridized carbons (Fsp3) is 0.211. The third kappa shape index (κ3) is 3.74. The van der Waals surface area contributed by atoms with Crippen molar-refractivity contribution >= 4 is 17.4 Å². The predicted molar refractivity (Wildman–Crippen MR) is 101 cm³/mol. The SMILES string of the molecule is Cc1ccc(-n2c(-c3cccc([N+](=O)[O-])c3)cnc2SC(C)C)cc1. The highest BCUT2D eigenvalue weighted by atomic mass is 32.2. The third-order valence-corrected chi connectivity index (χ3v) is 4.69. The van der Waals surface area contributed by atoms with Gasteiger partial charge in [0.05, 0.1) is 16.8 Å². The van der Waals surface area contributed by atoms with E-state index in [1.807, 2.05) is 25.1 Å². The first-order valence-electron chi connectivity index (χ1n) is 8.02. The molecule has 0 saturated heterocycles. The van der Waals surface area contributed by atoms with Crippen LogP contribution in [0.3, 0.4) is 0 Å². The molecule has 0 saturated carbocycles. The van der Waals surface area contributed by atoms with Crippen molar-refractivity contribution in [3.63, 3.8) is 0 Å². The van der Waals surface area contributed by atoms with E-state index in [9.17, 15) is 10.1 Å². The van der Waals surface area contributed by atoms with E-state index in [0.29, 0.717) is 5.25 Å². The summed E-state index contributed by atoms with van der Waals surface area (Å²) in [5.74, 6) is 0. The van der Waals surface area contributed by atoms with E-state index in [0.717, 1.165) is 22.1 Å². The van der Waals surface area contributed by atoms with Gasteiger partial charge in [-0.15, -0.1) is 0 Å². The van der Waals surface area contributed by atoms with Crippen molar-refractivity contribution in [1.82, 2.24) is 9.55 Å². The van der Waals surface area contributed by atoms with Gasteiger partial charge in [0.2, 0.25) is 0 Å². The maximum Gasteiger partial charge on any atom is 0.270 e. The minimum atomic E-state index is -0.375. The quantitative estimate of drug-likeness (QED) is 0.357. The number of non-ortho nitro benzene ring substituents is 1. The number of imidazole rings is 1. The Bertz CT molecular complexity index is 901. The van der Waals surface area contributed by atoms with Crippen molar-refractivity contribution in [2.45, 2.75) is 31.2 Å². The molecule has 3 aromatic rings. The molecule has 0 bridgehead atoms. The van der Waals surface area contributed by atoms with Crippen molar-refractivity contribution in [3.05, 3.63) is 70.4 Å². The van der Waals surface area contributed by atoms with Gasteiger partial charge in [0.1, 0.15) is 0 Å². The van der Waals surface area contributed by atoms with Crippen molar-refractivity contribution in [1.29, 1.82) is 0 Å². The summed E-state index contributed by atoms with van der Waals surface area (Å²) in [6, 6.07) is 14.9. The molecule has 0 unspecified atom stereocenters. The second-order valence-corrected chi connectivity index (χ2v) is 7.61. The number of aryl methyl sites for hydroxylation is 1. The Kier molecular flexibility index (Phi) is 4.90. The molecule has 0 aliphatic carbocycles. The van der Waals surface area contributed by atoms with E-state index in [1.165, 1.54) is 11.6 Å². The standard InChI is InChI=1S/C19H19N3O2S/c1-13(2)25-19-20-12-18(15-5-4-6-17(11-15)22(23)24)21(19)16-9-7-14(3)8-10-16/h4-13H,1-3H3. The molecular weight excluding hydrogens is 334 g/mol. The number of hydrogen-bond donors (Lipinski definition) is 0. The molecule has 0 N–H and O–H groups in total. The molecule has 0 atom stereocenters. The summed E-state index contributed by atoms with van der Waals surface area (Å²) in [6.07, 6.45) is 1.78. The zero-order valence-corrected chi connectivity index (χ0v) is 15.2. The number of nitrogens with zero attached hydrogens (tertiary/aromatic N) is 3. The average molecular weight is 353 g/mol.